The molecule has 1 aromatic rings. The summed E-state index contributed by atoms with van der Waals surface area (Å²) in [4.78, 5) is 24.3. The Bertz CT molecular complexity index is 317. The molecule has 80 valence electrons. The van der Waals surface area contributed by atoms with Gasteiger partial charge in [-0.2, -0.15) is 0 Å². The van der Waals surface area contributed by atoms with E-state index in [4.69, 9.17) is 19.2 Å². The zero-order valence-corrected chi connectivity index (χ0v) is 8.61. The molecule has 0 saturated carbocycles. The number of quaternary nitrogens is 2. The number of hydrogen-bond acceptors (Lipinski definition) is 3. The van der Waals surface area contributed by atoms with Gasteiger partial charge < -0.3 is 30.3 Å². The van der Waals surface area contributed by atoms with E-state index in [2.05, 4.69) is 17.1 Å². The first-order chi connectivity index (χ1) is 6.34. The van der Waals surface area contributed by atoms with Crippen LogP contribution < -0.4 is 20.8 Å². The summed E-state index contributed by atoms with van der Waals surface area (Å²) >= 11 is 0. The summed E-state index contributed by atoms with van der Waals surface area (Å²) in [7, 11) is -3.12. The summed E-state index contributed by atoms with van der Waals surface area (Å²) in [5, 5.41) is 2.06. The van der Waals surface area contributed by atoms with Crippen molar-refractivity contribution in [3.8, 4) is 0 Å². The number of nitrogens with two attached hydrogens (primary N) is 1. The molecule has 0 amide bonds. The fraction of sp³-hybridized carbons (Fsp3) is 0.143. The van der Waals surface area contributed by atoms with Gasteiger partial charge in [-0.3, -0.25) is 0 Å². The average molecular weight is 220 g/mol. The van der Waals surface area contributed by atoms with Gasteiger partial charge in [-0.05, 0) is 0 Å². The topological polar surface area (TPSA) is 128 Å². The average Bonchev–Trinajstić information content (AvgIpc) is 2.02. The van der Waals surface area contributed by atoms with Gasteiger partial charge in [0.15, 0.2) is 11.4 Å². The Labute approximate surface area is 81.6 Å². The van der Waals surface area contributed by atoms with Crippen LogP contribution in [0.4, 0.5) is 11.4 Å². The molecule has 14 heavy (non-hydrogen) atoms. The second-order valence-corrected chi connectivity index (χ2v) is 3.39. The normalized spacial score (nSPS) is 10.4. The fourth-order valence-electron chi connectivity index (χ4n) is 0.816. The van der Waals surface area contributed by atoms with Crippen molar-refractivity contribution in [3.05, 3.63) is 24.3 Å². The highest BCUT2D eigenvalue weighted by Gasteiger charge is 1.98. The predicted octanol–water partition coefficient (Wildman–Crippen LogP) is -2.81. The van der Waals surface area contributed by atoms with Crippen LogP contribution in [-0.4, -0.2) is 11.9 Å². The number of benzene rings is 1. The summed E-state index contributed by atoms with van der Waals surface area (Å²) in [5.74, 6) is 0. The molecule has 0 spiro atoms. The van der Waals surface area contributed by atoms with Gasteiger partial charge in [0, 0.05) is 12.1 Å². The highest BCUT2D eigenvalue weighted by molar-refractivity contribution is 7.42. The molecule has 0 aliphatic heterocycles. The van der Waals surface area contributed by atoms with Crippen molar-refractivity contribution >= 4 is 19.2 Å². The van der Waals surface area contributed by atoms with Crippen molar-refractivity contribution in [1.29, 1.82) is 0 Å². The first-order valence-corrected chi connectivity index (χ1v) is 5.29. The SMILES string of the molecule is C[NH2+]c1ccccc1[NH3+].O=P([O-])([O-])O. The minimum atomic E-state index is -5.14. The van der Waals surface area contributed by atoms with Crippen molar-refractivity contribution in [3.63, 3.8) is 0 Å². The van der Waals surface area contributed by atoms with E-state index in [1.54, 1.807) is 0 Å². The van der Waals surface area contributed by atoms with Crippen LogP contribution in [0.15, 0.2) is 24.3 Å². The van der Waals surface area contributed by atoms with Crippen molar-refractivity contribution in [2.75, 3.05) is 7.05 Å². The van der Waals surface area contributed by atoms with Gasteiger partial charge in [0.05, 0.1) is 14.9 Å². The molecule has 0 aliphatic rings. The molecule has 6 N–H and O–H groups in total. The van der Waals surface area contributed by atoms with Crippen LogP contribution in [0, 0.1) is 0 Å². The molecule has 0 radical (unpaired) electrons. The van der Waals surface area contributed by atoms with Gasteiger partial charge in [-0.15, -0.1) is 0 Å². The number of phosphoric acid groups is 1. The maximum atomic E-state index is 8.66. The molecule has 6 nitrogen and oxygen atoms in total. The lowest BCUT2D eigenvalue weighted by Crippen LogP contribution is -2.74. The molecule has 7 heteroatoms. The quantitative estimate of drug-likeness (QED) is 0.348. The zero-order valence-electron chi connectivity index (χ0n) is 7.71. The Morgan fingerprint density at radius 3 is 2.14 bits per heavy atom. The minimum Gasteiger partial charge on any atom is -0.790 e. The lowest BCUT2D eigenvalue weighted by Gasteiger charge is -2.19. The van der Waals surface area contributed by atoms with Crippen LogP contribution in [0.1, 0.15) is 0 Å². The highest BCUT2D eigenvalue weighted by Crippen LogP contribution is 2.11. The third kappa shape index (κ3) is 7.88. The molecular formula is C7H13N2O4P. The Hall–Kier alpha value is -0.750. The molecule has 0 bridgehead atoms. The zero-order chi connectivity index (χ0) is 11.2. The molecule has 0 saturated heterocycles. The van der Waals surface area contributed by atoms with E-state index in [9.17, 15) is 0 Å². The predicted molar refractivity (Wildman–Crippen MR) is 46.3 cm³/mol. The number of para-hydroxylation sites is 1. The van der Waals surface area contributed by atoms with Gasteiger partial charge in [0.1, 0.15) is 0 Å². The van der Waals surface area contributed by atoms with Crippen LogP contribution in [-0.2, 0) is 4.57 Å². The molecule has 0 atom stereocenters. The van der Waals surface area contributed by atoms with E-state index in [1.807, 2.05) is 25.2 Å². The van der Waals surface area contributed by atoms with Crippen molar-refractivity contribution in [2.24, 2.45) is 0 Å². The molecule has 1 aromatic carbocycles. The lowest BCUT2D eigenvalue weighted by molar-refractivity contribution is -0.543. The molecule has 0 fully saturated rings. The largest absolute Gasteiger partial charge is 0.790 e. The Morgan fingerprint density at radius 1 is 1.43 bits per heavy atom. The number of rotatable bonds is 1. The lowest BCUT2D eigenvalue weighted by atomic mass is 10.3. The third-order valence-electron chi connectivity index (χ3n) is 1.37. The second kappa shape index (κ2) is 5.87. The van der Waals surface area contributed by atoms with Gasteiger partial charge in [0.25, 0.3) is 0 Å². The van der Waals surface area contributed by atoms with Crippen LogP contribution in [0.2, 0.25) is 0 Å². The standard InChI is InChI=1S/C7H10N2.H3O4P/c1-9-7-5-3-2-4-6(7)8;1-5(2,3)4/h2-5,9H,8H2,1H3;(H3,1,2,3,4). The Kier molecular flexibility index (Phi) is 5.56. The molecule has 1 rings (SSSR count). The van der Waals surface area contributed by atoms with E-state index in [1.165, 1.54) is 5.69 Å². The smallest absolute Gasteiger partial charge is 0.190 e. The van der Waals surface area contributed by atoms with Gasteiger partial charge in [-0.25, -0.2) is 0 Å². The van der Waals surface area contributed by atoms with E-state index in [0.717, 1.165) is 5.69 Å². The maximum absolute atomic E-state index is 8.66. The molecule has 0 heterocycles. The van der Waals surface area contributed by atoms with Gasteiger partial charge >= 0.3 is 0 Å². The monoisotopic (exact) mass is 220 g/mol. The van der Waals surface area contributed by atoms with Crippen LogP contribution in [0.5, 0.6) is 0 Å². The molecule has 0 unspecified atom stereocenters. The molecule has 0 aromatic heterocycles. The highest BCUT2D eigenvalue weighted by atomic mass is 31.2. The van der Waals surface area contributed by atoms with Gasteiger partial charge in [-0.1, -0.05) is 12.1 Å². The first-order valence-electron chi connectivity index (χ1n) is 3.79. The molecular weight excluding hydrogens is 207 g/mol. The Morgan fingerprint density at radius 2 is 1.86 bits per heavy atom. The Balaban J connectivity index is 0.000000292. The molecule has 0 aliphatic carbocycles. The first kappa shape index (κ1) is 13.2. The van der Waals surface area contributed by atoms with Crippen molar-refractivity contribution in [2.45, 2.75) is 0 Å². The summed E-state index contributed by atoms with van der Waals surface area (Å²) in [6.45, 7) is 0. The van der Waals surface area contributed by atoms with Crippen LogP contribution >= 0.6 is 7.82 Å². The van der Waals surface area contributed by atoms with Gasteiger partial charge in [0.2, 0.25) is 0 Å². The third-order valence-corrected chi connectivity index (χ3v) is 1.37. The summed E-state index contributed by atoms with van der Waals surface area (Å²) in [5.41, 5.74) is 6.18. The number of hydrogen-bond donors (Lipinski definition) is 3. The van der Waals surface area contributed by atoms with Crippen LogP contribution in [0.25, 0.3) is 0 Å². The fourth-order valence-corrected chi connectivity index (χ4v) is 0.816. The summed E-state index contributed by atoms with van der Waals surface area (Å²) in [6.07, 6.45) is 0. The van der Waals surface area contributed by atoms with E-state index < -0.39 is 7.82 Å². The van der Waals surface area contributed by atoms with E-state index in [0.29, 0.717) is 0 Å². The van der Waals surface area contributed by atoms with Crippen molar-refractivity contribution < 1.29 is 30.3 Å². The summed E-state index contributed by atoms with van der Waals surface area (Å²) in [6, 6.07) is 8.08. The van der Waals surface area contributed by atoms with E-state index in [-0.39, 0.29) is 0 Å². The van der Waals surface area contributed by atoms with E-state index >= 15 is 0 Å². The van der Waals surface area contributed by atoms with Crippen molar-refractivity contribution in [1.82, 2.24) is 0 Å². The second-order valence-electron chi connectivity index (χ2n) is 2.46. The van der Waals surface area contributed by atoms with Crippen LogP contribution in [0.3, 0.4) is 0 Å². The summed E-state index contributed by atoms with van der Waals surface area (Å²) < 4.78 is 8.66. The minimum absolute atomic E-state index is 1.10. The maximum Gasteiger partial charge on any atom is 0.190 e.